The zero-order valence-electron chi connectivity index (χ0n) is 50.6. The molecule has 0 saturated heterocycles. The summed E-state index contributed by atoms with van der Waals surface area (Å²) in [5.41, 5.74) is 5.51. The topological polar surface area (TPSA) is 583 Å². The molecule has 0 heterocycles. The van der Waals surface area contributed by atoms with Crippen LogP contribution < -0.4 is 80.2 Å². The number of amides is 15. The van der Waals surface area contributed by atoms with Crippen LogP contribution in [0.3, 0.4) is 0 Å². The number of primary amides is 1. The van der Waals surface area contributed by atoms with Crippen molar-refractivity contribution in [2.45, 2.75) is 173 Å². The van der Waals surface area contributed by atoms with Crippen LogP contribution in [0.4, 0.5) is 0 Å². The Morgan fingerprint density at radius 3 is 1.00 bits per heavy atom. The number of benzene rings is 1. The Labute approximate surface area is 514 Å². The Morgan fingerprint density at radius 2 is 0.678 bits per heavy atom. The van der Waals surface area contributed by atoms with Crippen LogP contribution in [0.2, 0.25) is 0 Å². The van der Waals surface area contributed by atoms with E-state index in [1.54, 1.807) is 0 Å². The Bertz CT molecular complexity index is 2850. The zero-order valence-corrected chi connectivity index (χ0v) is 50.6. The van der Waals surface area contributed by atoms with E-state index in [9.17, 15) is 107 Å². The van der Waals surface area contributed by atoms with Gasteiger partial charge in [-0.2, -0.15) is 0 Å². The van der Waals surface area contributed by atoms with Gasteiger partial charge in [-0.15, -0.1) is 0 Å². The third-order valence-corrected chi connectivity index (χ3v) is 12.5. The Balaban J connectivity index is 2.95. The largest absolute Gasteiger partial charge is 0.508 e. The van der Waals surface area contributed by atoms with Crippen molar-refractivity contribution in [3.8, 4) is 5.75 Å². The van der Waals surface area contributed by atoms with Gasteiger partial charge in [0.2, 0.25) is 88.6 Å². The van der Waals surface area contributed by atoms with Gasteiger partial charge in [-0.25, -0.2) is 0 Å². The van der Waals surface area contributed by atoms with E-state index in [0.717, 1.165) is 34.6 Å². The smallest absolute Gasteiger partial charge is 0.305 e. The third kappa shape index (κ3) is 29.7. The Morgan fingerprint density at radius 1 is 0.367 bits per heavy atom. The molecule has 0 bridgehead atoms. The fourth-order valence-electron chi connectivity index (χ4n) is 7.39. The van der Waals surface area contributed by atoms with Crippen LogP contribution in [0.1, 0.15) is 100.0 Å². The molecule has 498 valence electrons. The number of rotatable bonds is 38. The van der Waals surface area contributed by atoms with Gasteiger partial charge in [0.15, 0.2) is 0 Å². The minimum absolute atomic E-state index is 0.0537. The zero-order chi connectivity index (χ0) is 68.9. The minimum Gasteiger partial charge on any atom is -0.508 e. The van der Waals surface area contributed by atoms with E-state index in [2.05, 4.69) is 74.4 Å². The highest BCUT2D eigenvalue weighted by Gasteiger charge is 2.34. The molecule has 37 nitrogen and oxygen atoms in total. The number of nitrogens with two attached hydrogens (primary N) is 1. The van der Waals surface area contributed by atoms with Crippen molar-refractivity contribution >= 4 is 107 Å². The molecular weight excluding hydrogens is 1200 g/mol. The SMILES string of the molecule is CC(=O)N[C@@H](Cc1ccc(O)cc1)C(=O)NCC(=O)N[C@@H](CC(=O)O)C(=O)N[C@@H](C)C(=O)N[C@@H](C)C(=O)N[C@@H](C)C(=O)N[C@@H](CCC(=O)O)C(=O)N[C@@H](C)C(=O)N[C@@H](CCC(=O)O)C(=O)N[C@@H](C)C(=O)N[C@@H](C)C(=O)N[C@@H](C)C(=O)N[C@@H](C)C(=O)NCC(N)=O. The van der Waals surface area contributed by atoms with E-state index in [4.69, 9.17) is 5.73 Å². The fraction of sp³-hybridized carbons (Fsp3) is 0.547. The summed E-state index contributed by atoms with van der Waals surface area (Å²) >= 11 is 0. The number of hydrogen-bond donors (Lipinski definition) is 19. The van der Waals surface area contributed by atoms with Gasteiger partial charge in [0.1, 0.15) is 78.3 Å². The molecule has 0 spiro atoms. The third-order valence-electron chi connectivity index (χ3n) is 12.5. The highest BCUT2D eigenvalue weighted by atomic mass is 16.4. The average molecular weight is 1280 g/mol. The standard InChI is InChI=1S/C53H79N15O22/c1-22(42(79)55-20-37(54)71)57-43(80)23(2)58-44(81)24(3)59-46(83)26(5)62-51(88)33(14-16-39(73)74)68-49(86)29(8)63-52(89)34(15-17-40(75)76)67-48(85)28(7)61-45(82)25(4)60-47(84)27(6)64-53(90)36(19-41(77)78)66-38(72)21-56-50(87)35(65-30(9)69)18-31-10-12-32(70)13-11-31/h10-13,22-29,33-36,70H,14-21H2,1-9H3,(H2,54,71)(H,55,79)(H,56,87)(H,57,80)(H,58,81)(H,59,83)(H,60,84)(H,61,82)(H,62,88)(H,63,89)(H,64,90)(H,65,69)(H,66,72)(H,67,85)(H,68,86)(H,73,74)(H,75,76)(H,77,78)/t22-,23-,24-,25-,26-,27-,28-,29-,33-,34-,35-,36-/m0/s1. The number of carbonyl (C=O) groups is 18. The second-order valence-electron chi connectivity index (χ2n) is 20.6. The second-order valence-corrected chi connectivity index (χ2v) is 20.6. The van der Waals surface area contributed by atoms with Crippen LogP contribution in [0.5, 0.6) is 5.75 Å². The molecule has 1 rings (SSSR count). The van der Waals surface area contributed by atoms with Crippen molar-refractivity contribution < 1.29 is 107 Å². The monoisotopic (exact) mass is 1280 g/mol. The van der Waals surface area contributed by atoms with Crippen molar-refractivity contribution in [3.63, 3.8) is 0 Å². The minimum atomic E-state index is -1.81. The van der Waals surface area contributed by atoms with Crippen molar-refractivity contribution in [1.82, 2.24) is 74.4 Å². The molecule has 0 radical (unpaired) electrons. The van der Waals surface area contributed by atoms with Crippen LogP contribution >= 0.6 is 0 Å². The molecule has 37 heteroatoms. The number of aliphatic carboxylic acids is 3. The van der Waals surface area contributed by atoms with Crippen LogP contribution in [0, 0.1) is 0 Å². The maximum Gasteiger partial charge on any atom is 0.305 e. The predicted octanol–water partition coefficient (Wildman–Crippen LogP) is -8.15. The summed E-state index contributed by atoms with van der Waals surface area (Å²) in [6.07, 6.45) is -3.64. The summed E-state index contributed by atoms with van der Waals surface area (Å²) in [7, 11) is 0. The van der Waals surface area contributed by atoms with Crippen LogP contribution in [0.15, 0.2) is 24.3 Å². The molecule has 0 aliphatic heterocycles. The number of hydrogen-bond acceptors (Lipinski definition) is 19. The number of nitrogens with one attached hydrogen (secondary N) is 14. The Hall–Kier alpha value is -10.5. The van der Waals surface area contributed by atoms with Gasteiger partial charge in [0.05, 0.1) is 19.5 Å². The summed E-state index contributed by atoms with van der Waals surface area (Å²) in [5, 5.41) is 69.4. The van der Waals surface area contributed by atoms with Crippen LogP contribution in [-0.2, 0) is 92.7 Å². The Kier molecular flexibility index (Phi) is 32.6. The van der Waals surface area contributed by atoms with E-state index in [1.165, 1.54) is 52.0 Å². The molecule has 0 saturated carbocycles. The highest BCUT2D eigenvalue weighted by molar-refractivity contribution is 6.00. The maximum absolute atomic E-state index is 13.5. The highest BCUT2D eigenvalue weighted by Crippen LogP contribution is 2.12. The lowest BCUT2D eigenvalue weighted by atomic mass is 10.0. The molecule has 0 aliphatic rings. The van der Waals surface area contributed by atoms with Gasteiger partial charge in [-0.1, -0.05) is 12.1 Å². The first-order chi connectivity index (χ1) is 41.8. The first-order valence-corrected chi connectivity index (χ1v) is 27.7. The van der Waals surface area contributed by atoms with Crippen molar-refractivity contribution in [2.24, 2.45) is 5.73 Å². The van der Waals surface area contributed by atoms with Gasteiger partial charge < -0.3 is 101 Å². The van der Waals surface area contributed by atoms with Crippen molar-refractivity contribution in [3.05, 3.63) is 29.8 Å². The maximum atomic E-state index is 13.5. The molecule has 90 heavy (non-hydrogen) atoms. The molecular formula is C53H79N15O22. The average Bonchev–Trinajstić information content (AvgIpc) is 2.70. The molecule has 1 aromatic rings. The van der Waals surface area contributed by atoms with Crippen molar-refractivity contribution in [1.29, 1.82) is 0 Å². The molecule has 0 unspecified atom stereocenters. The van der Waals surface area contributed by atoms with E-state index in [-0.39, 0.29) is 12.2 Å². The molecule has 12 atom stereocenters. The van der Waals surface area contributed by atoms with Gasteiger partial charge in [-0.3, -0.25) is 86.3 Å². The predicted molar refractivity (Wildman–Crippen MR) is 307 cm³/mol. The number of carbonyl (C=O) groups excluding carboxylic acids is 15. The lowest BCUT2D eigenvalue weighted by Crippen LogP contribution is -2.59. The normalized spacial score (nSPS) is 14.7. The summed E-state index contributed by atoms with van der Waals surface area (Å²) in [6.45, 7) is 9.33. The van der Waals surface area contributed by atoms with Crippen LogP contribution in [0.25, 0.3) is 0 Å². The lowest BCUT2D eigenvalue weighted by Gasteiger charge is -2.25. The number of carboxylic acids is 3. The fourth-order valence-corrected chi connectivity index (χ4v) is 7.39. The van der Waals surface area contributed by atoms with E-state index >= 15 is 0 Å². The van der Waals surface area contributed by atoms with Gasteiger partial charge in [0, 0.05) is 26.2 Å². The van der Waals surface area contributed by atoms with Gasteiger partial charge in [-0.05, 0) is 85.9 Å². The molecule has 15 amide bonds. The summed E-state index contributed by atoms with van der Waals surface area (Å²) in [4.78, 5) is 227. The van der Waals surface area contributed by atoms with E-state index < -0.39 is 224 Å². The van der Waals surface area contributed by atoms with E-state index in [1.807, 2.05) is 0 Å². The summed E-state index contributed by atoms with van der Waals surface area (Å²) in [5.74, 6) is -18.9. The number of phenols is 1. The molecule has 0 fully saturated rings. The van der Waals surface area contributed by atoms with Crippen molar-refractivity contribution in [2.75, 3.05) is 13.1 Å². The molecule has 0 aliphatic carbocycles. The first-order valence-electron chi connectivity index (χ1n) is 27.7. The number of aromatic hydroxyl groups is 1. The molecule has 0 aromatic heterocycles. The van der Waals surface area contributed by atoms with Gasteiger partial charge >= 0.3 is 17.9 Å². The first kappa shape index (κ1) is 77.5. The van der Waals surface area contributed by atoms with Gasteiger partial charge in [0.25, 0.3) is 0 Å². The van der Waals surface area contributed by atoms with Crippen LogP contribution in [-0.4, -0.2) is 213 Å². The number of phenolic OH excluding ortho intramolecular Hbond substituents is 1. The summed E-state index contributed by atoms with van der Waals surface area (Å²) < 4.78 is 0. The summed E-state index contributed by atoms with van der Waals surface area (Å²) in [6, 6.07) is -12.0. The molecule has 1 aromatic carbocycles. The van der Waals surface area contributed by atoms with E-state index in [0.29, 0.717) is 5.56 Å². The molecule has 20 N–H and O–H groups in total. The second kappa shape index (κ2) is 37.9. The number of carboxylic acid groups (broad SMARTS) is 3. The quantitative estimate of drug-likeness (QED) is 0.0292. The lowest BCUT2D eigenvalue weighted by molar-refractivity contribution is -0.141.